The minimum Gasteiger partial charge on any atom is -0.481 e. The fourth-order valence-corrected chi connectivity index (χ4v) is 0.984. The summed E-state index contributed by atoms with van der Waals surface area (Å²) in [5.41, 5.74) is -2.79. The molecule has 0 saturated carbocycles. The van der Waals surface area contributed by atoms with E-state index in [0.717, 1.165) is 0 Å². The maximum atomic E-state index is 10.6. The van der Waals surface area contributed by atoms with Gasteiger partial charge >= 0.3 is 17.9 Å². The molecule has 84 valence electrons. The molecule has 4 N–H and O–H groups in total. The zero-order valence-electron chi connectivity index (χ0n) is 7.58. The van der Waals surface area contributed by atoms with Crippen LogP contribution in [0.2, 0.25) is 0 Å². The van der Waals surface area contributed by atoms with Crippen molar-refractivity contribution in [1.29, 1.82) is 0 Å². The van der Waals surface area contributed by atoms with E-state index in [4.69, 9.17) is 15.3 Å². The van der Waals surface area contributed by atoms with Crippen molar-refractivity contribution in [1.82, 2.24) is 0 Å². The van der Waals surface area contributed by atoms with Crippen LogP contribution in [-0.2, 0) is 14.4 Å². The third-order valence-electron chi connectivity index (χ3n) is 1.86. The van der Waals surface area contributed by atoms with Crippen molar-refractivity contribution in [3.8, 4) is 0 Å². The van der Waals surface area contributed by atoms with Gasteiger partial charge in [0.2, 0.25) is 0 Å². The Morgan fingerprint density at radius 2 is 1.73 bits per heavy atom. The maximum Gasteiger partial charge on any atom is 0.340 e. The molecule has 0 saturated heterocycles. The van der Waals surface area contributed by atoms with Crippen LogP contribution in [0.1, 0.15) is 6.42 Å². The van der Waals surface area contributed by atoms with Crippen LogP contribution in [-0.4, -0.2) is 43.9 Å². The van der Waals surface area contributed by atoms with Gasteiger partial charge in [-0.25, -0.2) is 4.79 Å². The Morgan fingerprint density at radius 3 is 1.93 bits per heavy atom. The van der Waals surface area contributed by atoms with Gasteiger partial charge in [-0.3, -0.25) is 9.59 Å². The van der Waals surface area contributed by atoms with Crippen LogP contribution in [0.5, 0.6) is 0 Å². The lowest BCUT2D eigenvalue weighted by Crippen LogP contribution is -2.48. The van der Waals surface area contributed by atoms with Gasteiger partial charge in [-0.1, -0.05) is 6.58 Å². The summed E-state index contributed by atoms with van der Waals surface area (Å²) < 4.78 is 0. The summed E-state index contributed by atoms with van der Waals surface area (Å²) in [6.07, 6.45) is -0.513. The van der Waals surface area contributed by atoms with Crippen molar-refractivity contribution >= 4 is 17.9 Å². The summed E-state index contributed by atoms with van der Waals surface area (Å²) in [5, 5.41) is 35.0. The van der Waals surface area contributed by atoms with E-state index in [0.29, 0.717) is 6.08 Å². The van der Waals surface area contributed by atoms with E-state index in [9.17, 15) is 19.5 Å². The highest BCUT2D eigenvalue weighted by Crippen LogP contribution is 2.23. The molecule has 0 fully saturated rings. The second kappa shape index (κ2) is 4.56. The molecule has 0 spiro atoms. The molecule has 0 aromatic rings. The summed E-state index contributed by atoms with van der Waals surface area (Å²) in [5.74, 6) is -7.08. The van der Waals surface area contributed by atoms with E-state index < -0.39 is 35.8 Å². The molecule has 0 aromatic heterocycles. The molecule has 2 atom stereocenters. The monoisotopic (exact) mass is 218 g/mol. The first-order chi connectivity index (χ1) is 6.75. The van der Waals surface area contributed by atoms with Crippen molar-refractivity contribution in [2.75, 3.05) is 0 Å². The van der Waals surface area contributed by atoms with Crippen LogP contribution in [0.3, 0.4) is 0 Å². The maximum absolute atomic E-state index is 10.6. The van der Waals surface area contributed by atoms with Crippen LogP contribution < -0.4 is 0 Å². The van der Waals surface area contributed by atoms with Crippen molar-refractivity contribution in [3.63, 3.8) is 0 Å². The standard InChI is InChI=1S/C8H10O7/c1-2-8(15,7(13)14)4(6(11)12)3-5(9)10/h2,4,15H,1,3H2,(H,9,10)(H,11,12)(H,13,14)/t4-,8-/m1/s1. The molecule has 7 heteroatoms. The van der Waals surface area contributed by atoms with Crippen LogP contribution in [0.15, 0.2) is 12.7 Å². The summed E-state index contributed by atoms with van der Waals surface area (Å²) in [4.78, 5) is 31.5. The number of aliphatic hydroxyl groups is 1. The summed E-state index contributed by atoms with van der Waals surface area (Å²) in [7, 11) is 0. The van der Waals surface area contributed by atoms with E-state index in [1.807, 2.05) is 0 Å². The Morgan fingerprint density at radius 1 is 1.27 bits per heavy atom. The third kappa shape index (κ3) is 2.78. The highest BCUT2D eigenvalue weighted by molar-refractivity contribution is 5.89. The van der Waals surface area contributed by atoms with Crippen molar-refractivity contribution < 1.29 is 34.8 Å². The Balaban J connectivity index is 5.20. The fraction of sp³-hybridized carbons (Fsp3) is 0.375. The number of carbonyl (C=O) groups is 3. The molecule has 0 amide bonds. The quantitative estimate of drug-likeness (QED) is 0.427. The second-order valence-corrected chi connectivity index (χ2v) is 2.82. The van der Waals surface area contributed by atoms with Gasteiger partial charge in [0.15, 0.2) is 5.60 Å². The van der Waals surface area contributed by atoms with Crippen LogP contribution >= 0.6 is 0 Å². The number of carboxylic acids is 3. The summed E-state index contributed by atoms with van der Waals surface area (Å²) in [6, 6.07) is 0. The van der Waals surface area contributed by atoms with E-state index in [1.165, 1.54) is 0 Å². The van der Waals surface area contributed by atoms with Gasteiger partial charge < -0.3 is 20.4 Å². The molecule has 0 bridgehead atoms. The largest absolute Gasteiger partial charge is 0.481 e. The predicted molar refractivity (Wildman–Crippen MR) is 46.2 cm³/mol. The van der Waals surface area contributed by atoms with E-state index in [2.05, 4.69) is 6.58 Å². The zero-order valence-corrected chi connectivity index (χ0v) is 7.58. The van der Waals surface area contributed by atoms with E-state index in [1.54, 1.807) is 0 Å². The molecule has 0 aliphatic heterocycles. The lowest BCUT2D eigenvalue weighted by atomic mass is 9.85. The number of hydrogen-bond acceptors (Lipinski definition) is 4. The highest BCUT2D eigenvalue weighted by Gasteiger charge is 2.47. The van der Waals surface area contributed by atoms with E-state index >= 15 is 0 Å². The van der Waals surface area contributed by atoms with Gasteiger partial charge in [-0.05, 0) is 6.08 Å². The normalized spacial score (nSPS) is 16.1. The molecular formula is C8H10O7. The minimum absolute atomic E-state index is 0.497. The van der Waals surface area contributed by atoms with Crippen LogP contribution in [0.25, 0.3) is 0 Å². The molecule has 0 rings (SSSR count). The average Bonchev–Trinajstić information content (AvgIpc) is 2.12. The van der Waals surface area contributed by atoms with Gasteiger partial charge in [0.1, 0.15) is 5.92 Å². The molecule has 0 heterocycles. The van der Waals surface area contributed by atoms with Gasteiger partial charge in [0.05, 0.1) is 6.42 Å². The minimum atomic E-state index is -2.79. The lowest BCUT2D eigenvalue weighted by molar-refractivity contribution is -0.170. The van der Waals surface area contributed by atoms with Crippen molar-refractivity contribution in [3.05, 3.63) is 12.7 Å². The van der Waals surface area contributed by atoms with Crippen molar-refractivity contribution in [2.24, 2.45) is 5.92 Å². The van der Waals surface area contributed by atoms with E-state index in [-0.39, 0.29) is 0 Å². The summed E-state index contributed by atoms with van der Waals surface area (Å²) >= 11 is 0. The fourth-order valence-electron chi connectivity index (χ4n) is 0.984. The first-order valence-electron chi connectivity index (χ1n) is 3.79. The topological polar surface area (TPSA) is 132 Å². The lowest BCUT2D eigenvalue weighted by Gasteiger charge is -2.24. The molecule has 0 aromatic carbocycles. The molecular weight excluding hydrogens is 208 g/mol. The van der Waals surface area contributed by atoms with Gasteiger partial charge in [-0.15, -0.1) is 0 Å². The number of carboxylic acid groups (broad SMARTS) is 3. The van der Waals surface area contributed by atoms with Gasteiger partial charge in [-0.2, -0.15) is 0 Å². The Labute approximate surface area is 84.3 Å². The first kappa shape index (κ1) is 13.1. The Hall–Kier alpha value is -1.89. The second-order valence-electron chi connectivity index (χ2n) is 2.82. The third-order valence-corrected chi connectivity index (χ3v) is 1.86. The van der Waals surface area contributed by atoms with Crippen molar-refractivity contribution in [2.45, 2.75) is 12.0 Å². The predicted octanol–water partition coefficient (Wildman–Crippen LogP) is -0.836. The molecule has 7 nitrogen and oxygen atoms in total. The number of hydrogen-bond donors (Lipinski definition) is 4. The van der Waals surface area contributed by atoms with Crippen LogP contribution in [0.4, 0.5) is 0 Å². The Bertz CT molecular complexity index is 308. The molecule has 15 heavy (non-hydrogen) atoms. The number of aliphatic carboxylic acids is 3. The highest BCUT2D eigenvalue weighted by atomic mass is 16.4. The molecule has 0 unspecified atom stereocenters. The SMILES string of the molecule is C=C[C@](O)(C(=O)O)[C@H](CC(=O)O)C(=O)O. The van der Waals surface area contributed by atoms with Gasteiger partial charge in [0.25, 0.3) is 0 Å². The zero-order chi connectivity index (χ0) is 12.2. The van der Waals surface area contributed by atoms with Crippen LogP contribution in [0, 0.1) is 5.92 Å². The number of rotatable bonds is 6. The average molecular weight is 218 g/mol. The summed E-state index contributed by atoms with van der Waals surface area (Å²) in [6.45, 7) is 2.98. The molecule has 0 radical (unpaired) electrons. The smallest absolute Gasteiger partial charge is 0.340 e. The first-order valence-corrected chi connectivity index (χ1v) is 3.79. The van der Waals surface area contributed by atoms with Gasteiger partial charge in [0, 0.05) is 0 Å². The Kier molecular flexibility index (Phi) is 3.98. The molecule has 0 aliphatic carbocycles. The molecule has 0 aliphatic rings.